The summed E-state index contributed by atoms with van der Waals surface area (Å²) < 4.78 is 11.0. The molecule has 0 saturated heterocycles. The fourth-order valence-corrected chi connectivity index (χ4v) is 1.40. The highest BCUT2D eigenvalue weighted by Crippen LogP contribution is 2.02. The molecule has 0 amide bonds. The van der Waals surface area contributed by atoms with Crippen molar-refractivity contribution in [2.75, 3.05) is 19.8 Å². The first kappa shape index (κ1) is 14.7. The molecule has 98 valence electrons. The summed E-state index contributed by atoms with van der Waals surface area (Å²) in [6, 6.07) is 10.2. The van der Waals surface area contributed by atoms with Crippen LogP contribution in [0.3, 0.4) is 0 Å². The Morgan fingerprint density at radius 2 is 1.83 bits per heavy atom. The van der Waals surface area contributed by atoms with Crippen molar-refractivity contribution in [3.63, 3.8) is 0 Å². The molecule has 0 N–H and O–H groups in total. The van der Waals surface area contributed by atoms with Crippen molar-refractivity contribution in [1.82, 2.24) is 0 Å². The van der Waals surface area contributed by atoms with Crippen molar-refractivity contribution in [2.45, 2.75) is 20.5 Å². The van der Waals surface area contributed by atoms with Crippen LogP contribution in [-0.2, 0) is 16.1 Å². The molecule has 0 heterocycles. The van der Waals surface area contributed by atoms with E-state index in [9.17, 15) is 0 Å². The van der Waals surface area contributed by atoms with E-state index < -0.39 is 0 Å². The van der Waals surface area contributed by atoms with Crippen molar-refractivity contribution in [3.05, 3.63) is 59.7 Å². The first-order valence-electron chi connectivity index (χ1n) is 6.18. The fourth-order valence-electron chi connectivity index (χ4n) is 1.40. The van der Waals surface area contributed by atoms with Gasteiger partial charge in [-0.15, -0.1) is 0 Å². The van der Waals surface area contributed by atoms with Gasteiger partial charge in [0, 0.05) is 0 Å². The quantitative estimate of drug-likeness (QED) is 0.514. The highest BCUT2D eigenvalue weighted by atomic mass is 16.5. The Morgan fingerprint density at radius 1 is 1.11 bits per heavy atom. The summed E-state index contributed by atoms with van der Waals surface area (Å²) in [7, 11) is 0. The van der Waals surface area contributed by atoms with Gasteiger partial charge >= 0.3 is 0 Å². The molecule has 0 aromatic heterocycles. The van der Waals surface area contributed by atoms with Crippen LogP contribution in [0, 0.1) is 0 Å². The summed E-state index contributed by atoms with van der Waals surface area (Å²) in [5.74, 6) is 0. The number of rotatable bonds is 8. The average Bonchev–Trinajstić information content (AvgIpc) is 2.36. The SMILES string of the molecule is C=C(C)COC/C=C(\C)COCc1ccccc1. The van der Waals surface area contributed by atoms with E-state index in [1.807, 2.05) is 31.2 Å². The van der Waals surface area contributed by atoms with Gasteiger partial charge in [-0.1, -0.05) is 48.6 Å². The third-order valence-electron chi connectivity index (χ3n) is 2.34. The van der Waals surface area contributed by atoms with Gasteiger partial charge < -0.3 is 9.47 Å². The Morgan fingerprint density at radius 3 is 2.50 bits per heavy atom. The van der Waals surface area contributed by atoms with E-state index in [0.717, 1.165) is 5.57 Å². The molecule has 0 radical (unpaired) electrons. The minimum Gasteiger partial charge on any atom is -0.373 e. The molecule has 2 nitrogen and oxygen atoms in total. The van der Waals surface area contributed by atoms with Crippen LogP contribution in [0.15, 0.2) is 54.1 Å². The first-order chi connectivity index (χ1) is 8.68. The van der Waals surface area contributed by atoms with Crippen LogP contribution in [0.2, 0.25) is 0 Å². The van der Waals surface area contributed by atoms with Gasteiger partial charge in [-0.3, -0.25) is 0 Å². The van der Waals surface area contributed by atoms with E-state index in [2.05, 4.69) is 25.6 Å². The molecule has 0 unspecified atom stereocenters. The van der Waals surface area contributed by atoms with E-state index in [1.54, 1.807) is 0 Å². The monoisotopic (exact) mass is 246 g/mol. The lowest BCUT2D eigenvalue weighted by Crippen LogP contribution is -1.99. The van der Waals surface area contributed by atoms with Crippen molar-refractivity contribution in [2.24, 2.45) is 0 Å². The molecule has 0 saturated carbocycles. The molecular weight excluding hydrogens is 224 g/mol. The van der Waals surface area contributed by atoms with Crippen LogP contribution in [0.4, 0.5) is 0 Å². The molecule has 1 aromatic rings. The molecule has 0 aliphatic rings. The Hall–Kier alpha value is -1.38. The van der Waals surface area contributed by atoms with Gasteiger partial charge in [0.15, 0.2) is 0 Å². The van der Waals surface area contributed by atoms with Crippen LogP contribution in [-0.4, -0.2) is 19.8 Å². The third kappa shape index (κ3) is 7.05. The van der Waals surface area contributed by atoms with Gasteiger partial charge in [0.2, 0.25) is 0 Å². The summed E-state index contributed by atoms with van der Waals surface area (Å²) in [4.78, 5) is 0. The van der Waals surface area contributed by atoms with Crippen LogP contribution in [0.1, 0.15) is 19.4 Å². The van der Waals surface area contributed by atoms with Crippen LogP contribution in [0.25, 0.3) is 0 Å². The summed E-state index contributed by atoms with van der Waals surface area (Å²) in [6.07, 6.45) is 2.05. The second-order valence-corrected chi connectivity index (χ2v) is 4.50. The molecule has 1 aromatic carbocycles. The zero-order chi connectivity index (χ0) is 13.2. The van der Waals surface area contributed by atoms with E-state index in [-0.39, 0.29) is 0 Å². The molecule has 0 bridgehead atoms. The van der Waals surface area contributed by atoms with Gasteiger partial charge in [0.05, 0.1) is 26.4 Å². The minimum atomic E-state index is 0.618. The van der Waals surface area contributed by atoms with Crippen molar-refractivity contribution >= 4 is 0 Å². The van der Waals surface area contributed by atoms with Crippen LogP contribution in [0.5, 0.6) is 0 Å². The molecule has 0 aliphatic carbocycles. The lowest BCUT2D eigenvalue weighted by molar-refractivity contribution is 0.140. The molecule has 2 heteroatoms. The lowest BCUT2D eigenvalue weighted by Gasteiger charge is -2.05. The fraction of sp³-hybridized carbons (Fsp3) is 0.375. The Kier molecular flexibility index (Phi) is 7.07. The standard InChI is InChI=1S/C16H22O2/c1-14(2)11-17-10-9-15(3)12-18-13-16-7-5-4-6-8-16/h4-9H,1,10-13H2,2-3H3/b15-9+. The predicted octanol–water partition coefficient (Wildman–Crippen LogP) is 3.74. The van der Waals surface area contributed by atoms with Crippen LogP contribution >= 0.6 is 0 Å². The average molecular weight is 246 g/mol. The highest BCUT2D eigenvalue weighted by molar-refractivity contribution is 5.13. The lowest BCUT2D eigenvalue weighted by atomic mass is 10.2. The van der Waals surface area contributed by atoms with E-state index >= 15 is 0 Å². The maximum absolute atomic E-state index is 5.62. The number of hydrogen-bond acceptors (Lipinski definition) is 2. The topological polar surface area (TPSA) is 18.5 Å². The number of hydrogen-bond donors (Lipinski definition) is 0. The largest absolute Gasteiger partial charge is 0.373 e. The molecule has 0 aliphatic heterocycles. The van der Waals surface area contributed by atoms with Crippen molar-refractivity contribution in [3.8, 4) is 0 Å². The minimum absolute atomic E-state index is 0.618. The molecular formula is C16H22O2. The third-order valence-corrected chi connectivity index (χ3v) is 2.34. The van der Waals surface area contributed by atoms with Crippen molar-refractivity contribution < 1.29 is 9.47 Å². The summed E-state index contributed by atoms with van der Waals surface area (Å²) in [6.45, 7) is 10.3. The molecule has 0 fully saturated rings. The Labute approximate surface area is 110 Å². The Balaban J connectivity index is 2.14. The van der Waals surface area contributed by atoms with Gasteiger partial charge in [-0.25, -0.2) is 0 Å². The maximum Gasteiger partial charge on any atom is 0.0721 e. The maximum atomic E-state index is 5.62. The molecule has 1 rings (SSSR count). The zero-order valence-electron chi connectivity index (χ0n) is 11.3. The predicted molar refractivity (Wildman–Crippen MR) is 75.5 cm³/mol. The van der Waals surface area contributed by atoms with Crippen LogP contribution < -0.4 is 0 Å². The highest BCUT2D eigenvalue weighted by Gasteiger charge is 1.93. The van der Waals surface area contributed by atoms with E-state index in [0.29, 0.717) is 26.4 Å². The smallest absolute Gasteiger partial charge is 0.0721 e. The molecule has 18 heavy (non-hydrogen) atoms. The Bertz CT molecular complexity index is 379. The summed E-state index contributed by atoms with van der Waals surface area (Å²) >= 11 is 0. The summed E-state index contributed by atoms with van der Waals surface area (Å²) in [5, 5.41) is 0. The van der Waals surface area contributed by atoms with Crippen molar-refractivity contribution in [1.29, 1.82) is 0 Å². The normalized spacial score (nSPS) is 11.6. The molecule has 0 spiro atoms. The second kappa shape index (κ2) is 8.67. The summed E-state index contributed by atoms with van der Waals surface area (Å²) in [5.41, 5.74) is 3.43. The number of ether oxygens (including phenoxy) is 2. The van der Waals surface area contributed by atoms with E-state index in [4.69, 9.17) is 9.47 Å². The van der Waals surface area contributed by atoms with Gasteiger partial charge in [-0.05, 0) is 25.0 Å². The molecule has 0 atom stereocenters. The zero-order valence-corrected chi connectivity index (χ0v) is 11.3. The second-order valence-electron chi connectivity index (χ2n) is 4.50. The van der Waals surface area contributed by atoms with Gasteiger partial charge in [0.25, 0.3) is 0 Å². The van der Waals surface area contributed by atoms with E-state index in [1.165, 1.54) is 11.1 Å². The van der Waals surface area contributed by atoms with Gasteiger partial charge in [0.1, 0.15) is 0 Å². The first-order valence-corrected chi connectivity index (χ1v) is 6.18. The number of benzene rings is 1. The van der Waals surface area contributed by atoms with Gasteiger partial charge in [-0.2, -0.15) is 0 Å².